The zero-order valence-electron chi connectivity index (χ0n) is 12.0. The van der Waals surface area contributed by atoms with Gasteiger partial charge in [0.25, 0.3) is 5.91 Å². The van der Waals surface area contributed by atoms with E-state index in [0.29, 0.717) is 5.75 Å². The van der Waals surface area contributed by atoms with Crippen molar-refractivity contribution in [2.45, 2.75) is 13.8 Å². The van der Waals surface area contributed by atoms with Gasteiger partial charge in [0.1, 0.15) is 5.75 Å². The van der Waals surface area contributed by atoms with E-state index in [9.17, 15) is 4.79 Å². The second-order valence-electron chi connectivity index (χ2n) is 4.83. The highest BCUT2D eigenvalue weighted by Crippen LogP contribution is 2.32. The van der Waals surface area contributed by atoms with Gasteiger partial charge in [-0.2, -0.15) is 0 Å². The summed E-state index contributed by atoms with van der Waals surface area (Å²) in [5.74, 6) is 0.496. The van der Waals surface area contributed by atoms with Crippen LogP contribution in [0.2, 0.25) is 0 Å². The molecule has 0 saturated carbocycles. The summed E-state index contributed by atoms with van der Waals surface area (Å²) >= 11 is 9.11. The summed E-state index contributed by atoms with van der Waals surface area (Å²) in [4.78, 5) is 12.0. The summed E-state index contributed by atoms with van der Waals surface area (Å²) < 4.78 is 8.56. The highest BCUT2D eigenvalue weighted by Gasteiger charge is 2.10. The molecule has 6 heteroatoms. The van der Waals surface area contributed by atoms with Crippen LogP contribution in [0, 0.1) is 17.4 Å². The van der Waals surface area contributed by atoms with E-state index < -0.39 is 0 Å². The van der Waals surface area contributed by atoms with Crippen molar-refractivity contribution in [3.63, 3.8) is 0 Å². The van der Waals surface area contributed by atoms with Gasteiger partial charge in [-0.25, -0.2) is 0 Å². The molecular weight excluding hydrogens is 525 g/mol. The molecule has 2 aromatic rings. The van der Waals surface area contributed by atoms with Gasteiger partial charge in [0, 0.05) is 13.7 Å². The molecule has 0 radical (unpaired) electrons. The van der Waals surface area contributed by atoms with Crippen LogP contribution in [0.25, 0.3) is 0 Å². The van der Waals surface area contributed by atoms with Gasteiger partial charge in [0.05, 0.1) is 4.47 Å². The Bertz CT molecular complexity index is 696. The van der Waals surface area contributed by atoms with Gasteiger partial charge >= 0.3 is 0 Å². The van der Waals surface area contributed by atoms with Gasteiger partial charge in [-0.15, -0.1) is 0 Å². The van der Waals surface area contributed by atoms with Crippen molar-refractivity contribution < 1.29 is 9.53 Å². The second kappa shape index (κ2) is 7.79. The third-order valence-electron chi connectivity index (χ3n) is 3.00. The Morgan fingerprint density at radius 3 is 2.55 bits per heavy atom. The molecule has 0 aliphatic rings. The molecule has 2 aromatic carbocycles. The molecule has 0 aromatic heterocycles. The van der Waals surface area contributed by atoms with Crippen LogP contribution in [0.5, 0.6) is 5.75 Å². The summed E-state index contributed by atoms with van der Waals surface area (Å²) in [5, 5.41) is 2.87. The first-order chi connectivity index (χ1) is 10.4. The minimum absolute atomic E-state index is 0.0352. The minimum atomic E-state index is -0.182. The van der Waals surface area contributed by atoms with Gasteiger partial charge in [0.2, 0.25) is 0 Å². The van der Waals surface area contributed by atoms with Crippen molar-refractivity contribution in [1.29, 1.82) is 0 Å². The number of aryl methyl sites for hydroxylation is 2. The molecule has 0 atom stereocenters. The van der Waals surface area contributed by atoms with E-state index in [1.807, 2.05) is 44.2 Å². The van der Waals surface area contributed by atoms with Gasteiger partial charge < -0.3 is 10.1 Å². The Labute approximate surface area is 160 Å². The number of rotatable bonds is 4. The predicted molar refractivity (Wildman–Crippen MR) is 105 cm³/mol. The summed E-state index contributed by atoms with van der Waals surface area (Å²) in [6.07, 6.45) is 0. The minimum Gasteiger partial charge on any atom is -0.482 e. The van der Waals surface area contributed by atoms with E-state index in [1.165, 1.54) is 0 Å². The summed E-state index contributed by atoms with van der Waals surface area (Å²) in [6.45, 7) is 3.87. The Kier molecular flexibility index (Phi) is 6.28. The molecule has 116 valence electrons. The number of amides is 1. The number of ether oxygens (including phenoxy) is 1. The Morgan fingerprint density at radius 2 is 1.91 bits per heavy atom. The first kappa shape index (κ1) is 17.7. The molecule has 0 aliphatic heterocycles. The van der Waals surface area contributed by atoms with Crippen molar-refractivity contribution in [2.24, 2.45) is 0 Å². The smallest absolute Gasteiger partial charge is 0.262 e. The van der Waals surface area contributed by atoms with E-state index in [1.54, 1.807) is 0 Å². The quantitative estimate of drug-likeness (QED) is 0.526. The number of hydrogen-bond donors (Lipinski definition) is 1. The molecule has 0 aliphatic carbocycles. The fourth-order valence-electron chi connectivity index (χ4n) is 1.96. The number of benzene rings is 2. The maximum Gasteiger partial charge on any atom is 0.262 e. The normalized spacial score (nSPS) is 10.4. The monoisotopic (exact) mass is 537 g/mol. The summed E-state index contributed by atoms with van der Waals surface area (Å²) in [7, 11) is 0. The Hall–Kier alpha value is -0.600. The Balaban J connectivity index is 2.02. The van der Waals surface area contributed by atoms with Crippen LogP contribution in [0.15, 0.2) is 39.3 Å². The highest BCUT2D eigenvalue weighted by molar-refractivity contribution is 14.1. The summed E-state index contributed by atoms with van der Waals surface area (Å²) in [5.41, 5.74) is 2.79. The van der Waals surface area contributed by atoms with E-state index in [0.717, 1.165) is 29.3 Å². The zero-order valence-corrected chi connectivity index (χ0v) is 17.4. The van der Waals surface area contributed by atoms with Crippen molar-refractivity contribution in [1.82, 2.24) is 0 Å². The third kappa shape index (κ3) is 4.70. The molecule has 0 saturated heterocycles. The van der Waals surface area contributed by atoms with Gasteiger partial charge in [-0.05, 0) is 93.8 Å². The SMILES string of the molecule is Cc1cc(I)ccc1NC(=O)COc1c(C)cc(Br)cc1Br. The van der Waals surface area contributed by atoms with Crippen molar-refractivity contribution in [2.75, 3.05) is 11.9 Å². The fourth-order valence-corrected chi connectivity index (χ4v) is 4.16. The largest absolute Gasteiger partial charge is 0.482 e. The molecule has 0 bridgehead atoms. The fraction of sp³-hybridized carbons (Fsp3) is 0.188. The Morgan fingerprint density at radius 1 is 1.18 bits per heavy atom. The van der Waals surface area contributed by atoms with E-state index in [2.05, 4.69) is 59.8 Å². The van der Waals surface area contributed by atoms with Gasteiger partial charge in [0.15, 0.2) is 6.61 Å². The van der Waals surface area contributed by atoms with Crippen molar-refractivity contribution in [3.8, 4) is 5.75 Å². The molecule has 3 nitrogen and oxygen atoms in total. The zero-order chi connectivity index (χ0) is 16.3. The lowest BCUT2D eigenvalue weighted by Gasteiger charge is -2.13. The molecule has 1 amide bonds. The lowest BCUT2D eigenvalue weighted by atomic mass is 10.2. The third-order valence-corrected chi connectivity index (χ3v) is 4.72. The first-order valence-electron chi connectivity index (χ1n) is 6.51. The maximum absolute atomic E-state index is 12.0. The van der Waals surface area contributed by atoms with Crippen LogP contribution >= 0.6 is 54.5 Å². The molecule has 1 N–H and O–H groups in total. The number of carbonyl (C=O) groups excluding carboxylic acids is 1. The van der Waals surface area contributed by atoms with E-state index >= 15 is 0 Å². The standard InChI is InChI=1S/C16H14Br2INO2/c1-9-6-12(19)3-4-14(9)20-15(21)8-22-16-10(2)5-11(17)7-13(16)18/h3-7H,8H2,1-2H3,(H,20,21). The first-order valence-corrected chi connectivity index (χ1v) is 9.17. The molecule has 0 unspecified atom stereocenters. The molecule has 0 fully saturated rings. The number of nitrogens with one attached hydrogen (secondary N) is 1. The maximum atomic E-state index is 12.0. The van der Waals surface area contributed by atoms with Gasteiger partial charge in [-0.1, -0.05) is 15.9 Å². The van der Waals surface area contributed by atoms with Crippen LogP contribution in [-0.4, -0.2) is 12.5 Å². The summed E-state index contributed by atoms with van der Waals surface area (Å²) in [6, 6.07) is 9.71. The molecule has 0 spiro atoms. The topological polar surface area (TPSA) is 38.3 Å². The lowest BCUT2D eigenvalue weighted by Crippen LogP contribution is -2.21. The number of halogens is 3. The van der Waals surface area contributed by atoms with Crippen LogP contribution in [-0.2, 0) is 4.79 Å². The van der Waals surface area contributed by atoms with Gasteiger partial charge in [-0.3, -0.25) is 4.79 Å². The average Bonchev–Trinajstić information content (AvgIpc) is 2.40. The number of carbonyl (C=O) groups is 1. The number of hydrogen-bond acceptors (Lipinski definition) is 2. The van der Waals surface area contributed by atoms with Crippen LogP contribution in [0.1, 0.15) is 11.1 Å². The predicted octanol–water partition coefficient (Wildman–Crippen LogP) is 5.45. The second-order valence-corrected chi connectivity index (χ2v) is 7.85. The van der Waals surface area contributed by atoms with Crippen molar-refractivity contribution in [3.05, 3.63) is 54.0 Å². The van der Waals surface area contributed by atoms with E-state index in [4.69, 9.17) is 4.74 Å². The van der Waals surface area contributed by atoms with E-state index in [-0.39, 0.29) is 12.5 Å². The molecular formula is C16H14Br2INO2. The van der Waals surface area contributed by atoms with Crippen LogP contribution in [0.4, 0.5) is 5.69 Å². The van der Waals surface area contributed by atoms with Crippen LogP contribution < -0.4 is 10.1 Å². The molecule has 2 rings (SSSR count). The highest BCUT2D eigenvalue weighted by atomic mass is 127. The van der Waals surface area contributed by atoms with Crippen molar-refractivity contribution >= 4 is 66.0 Å². The molecule has 22 heavy (non-hydrogen) atoms. The average molecular weight is 539 g/mol. The number of anilines is 1. The molecule has 0 heterocycles. The lowest BCUT2D eigenvalue weighted by molar-refractivity contribution is -0.118. The van der Waals surface area contributed by atoms with Crippen LogP contribution in [0.3, 0.4) is 0 Å².